The molecule has 29 heavy (non-hydrogen) atoms. The average Bonchev–Trinajstić information content (AvgIpc) is 3.40. The molecular formula is C17H21N7O2S3. The summed E-state index contributed by atoms with van der Waals surface area (Å²) in [5.74, 6) is -0.677. The van der Waals surface area contributed by atoms with Gasteiger partial charge in [-0.3, -0.25) is 19.0 Å². The number of nitrogens with one attached hydrogen (secondary N) is 2. The standard InChI is InChI=1S/C17H21N7O2S3/c1-6-24-13(15(26)20-10-7-18-23(3)9(10)2)11(8-19-24)21-14(25)12-16(27-4)22-29-17(12)28-5/h7-8H,6H2,1-5H3,(H,20,26)(H,21,25). The van der Waals surface area contributed by atoms with Gasteiger partial charge in [-0.15, -0.1) is 23.5 Å². The van der Waals surface area contributed by atoms with E-state index in [-0.39, 0.29) is 17.5 Å². The number of nitrogens with zero attached hydrogens (tertiary/aromatic N) is 5. The van der Waals surface area contributed by atoms with Crippen LogP contribution in [0.3, 0.4) is 0 Å². The summed E-state index contributed by atoms with van der Waals surface area (Å²) < 4.78 is 8.38. The fraction of sp³-hybridized carbons (Fsp3) is 0.353. The van der Waals surface area contributed by atoms with Gasteiger partial charge in [0.15, 0.2) is 0 Å². The lowest BCUT2D eigenvalue weighted by Crippen LogP contribution is -2.21. The van der Waals surface area contributed by atoms with Gasteiger partial charge in [0.1, 0.15) is 10.7 Å². The highest BCUT2D eigenvalue weighted by atomic mass is 32.2. The van der Waals surface area contributed by atoms with Crippen LogP contribution in [0, 0.1) is 6.92 Å². The molecule has 0 atom stereocenters. The van der Waals surface area contributed by atoms with E-state index >= 15 is 0 Å². The molecule has 9 nitrogen and oxygen atoms in total. The predicted molar refractivity (Wildman–Crippen MR) is 117 cm³/mol. The summed E-state index contributed by atoms with van der Waals surface area (Å²) in [5, 5.41) is 14.7. The molecule has 3 heterocycles. The molecule has 0 saturated carbocycles. The van der Waals surface area contributed by atoms with Crippen molar-refractivity contribution in [2.75, 3.05) is 23.1 Å². The lowest BCUT2D eigenvalue weighted by Gasteiger charge is -2.10. The fourth-order valence-electron chi connectivity index (χ4n) is 2.67. The number of rotatable bonds is 7. The number of hydrogen-bond donors (Lipinski definition) is 2. The molecule has 0 aliphatic rings. The molecule has 0 radical (unpaired) electrons. The molecule has 0 unspecified atom stereocenters. The molecule has 3 aromatic rings. The SMILES string of the molecule is CCn1ncc(NC(=O)c2c(SC)nsc2SC)c1C(=O)Nc1cnn(C)c1C. The number of aromatic nitrogens is 5. The fourth-order valence-corrected chi connectivity index (χ4v) is 4.95. The topological polar surface area (TPSA) is 107 Å². The van der Waals surface area contributed by atoms with E-state index in [1.54, 1.807) is 22.6 Å². The van der Waals surface area contributed by atoms with Crippen LogP contribution in [-0.4, -0.2) is 48.3 Å². The van der Waals surface area contributed by atoms with Crippen LogP contribution in [0.25, 0.3) is 0 Å². The minimum Gasteiger partial charge on any atom is -0.318 e. The zero-order valence-corrected chi connectivity index (χ0v) is 19.1. The number of carbonyl (C=O) groups excluding carboxylic acids is 2. The number of carbonyl (C=O) groups is 2. The maximum Gasteiger partial charge on any atom is 0.276 e. The molecule has 0 spiro atoms. The number of amides is 2. The molecule has 0 aliphatic carbocycles. The Hall–Kier alpha value is -2.31. The third kappa shape index (κ3) is 4.19. The van der Waals surface area contributed by atoms with E-state index in [9.17, 15) is 9.59 Å². The summed E-state index contributed by atoms with van der Waals surface area (Å²) in [5.41, 5.74) is 2.58. The molecule has 154 valence electrons. The highest BCUT2D eigenvalue weighted by Gasteiger charge is 2.25. The van der Waals surface area contributed by atoms with Crippen molar-refractivity contribution in [2.45, 2.75) is 29.6 Å². The molecule has 2 amide bonds. The summed E-state index contributed by atoms with van der Waals surface area (Å²) in [6.07, 6.45) is 6.85. The van der Waals surface area contributed by atoms with Gasteiger partial charge in [0.25, 0.3) is 11.8 Å². The molecule has 0 fully saturated rings. The minimum atomic E-state index is -0.366. The monoisotopic (exact) mass is 451 g/mol. The van der Waals surface area contributed by atoms with Crippen LogP contribution in [0.1, 0.15) is 33.5 Å². The largest absolute Gasteiger partial charge is 0.318 e. The molecule has 2 N–H and O–H groups in total. The minimum absolute atomic E-state index is 0.281. The zero-order chi connectivity index (χ0) is 21.1. The van der Waals surface area contributed by atoms with Gasteiger partial charge in [0.2, 0.25) is 0 Å². The third-order valence-corrected chi connectivity index (χ3v) is 7.06. The van der Waals surface area contributed by atoms with Crippen LogP contribution in [-0.2, 0) is 13.6 Å². The Kier molecular flexibility index (Phi) is 6.65. The maximum atomic E-state index is 13.0. The van der Waals surface area contributed by atoms with Gasteiger partial charge in [-0.25, -0.2) is 0 Å². The Labute approximate surface area is 180 Å². The summed E-state index contributed by atoms with van der Waals surface area (Å²) >= 11 is 4.17. The second-order valence-corrected chi connectivity index (χ2v) is 8.60. The summed E-state index contributed by atoms with van der Waals surface area (Å²) in [4.78, 5) is 25.9. The summed E-state index contributed by atoms with van der Waals surface area (Å²) in [7, 11) is 1.80. The van der Waals surface area contributed by atoms with E-state index in [0.717, 1.165) is 9.90 Å². The van der Waals surface area contributed by atoms with Crippen LogP contribution >= 0.6 is 35.1 Å². The lowest BCUT2D eigenvalue weighted by atomic mass is 10.2. The second kappa shape index (κ2) is 9.01. The van der Waals surface area contributed by atoms with E-state index in [2.05, 4.69) is 25.2 Å². The van der Waals surface area contributed by atoms with E-state index in [1.165, 1.54) is 41.3 Å². The van der Waals surface area contributed by atoms with Crippen molar-refractivity contribution in [1.82, 2.24) is 23.9 Å². The van der Waals surface area contributed by atoms with Crippen LogP contribution < -0.4 is 10.6 Å². The maximum absolute atomic E-state index is 13.0. The molecule has 12 heteroatoms. The molecule has 0 aliphatic heterocycles. The Morgan fingerprint density at radius 2 is 1.79 bits per heavy atom. The van der Waals surface area contributed by atoms with Gasteiger partial charge >= 0.3 is 0 Å². The highest BCUT2D eigenvalue weighted by Crippen LogP contribution is 2.33. The van der Waals surface area contributed by atoms with Gasteiger partial charge < -0.3 is 10.6 Å². The Morgan fingerprint density at radius 3 is 2.38 bits per heavy atom. The summed E-state index contributed by atoms with van der Waals surface area (Å²) in [6.45, 7) is 4.22. The van der Waals surface area contributed by atoms with Crippen LogP contribution in [0.2, 0.25) is 0 Å². The molecule has 3 rings (SSSR count). The van der Waals surface area contributed by atoms with E-state index in [1.807, 2.05) is 26.4 Å². The predicted octanol–water partition coefficient (Wildman–Crippen LogP) is 3.35. The van der Waals surface area contributed by atoms with Crippen molar-refractivity contribution < 1.29 is 9.59 Å². The Morgan fingerprint density at radius 1 is 1.10 bits per heavy atom. The first-order valence-electron chi connectivity index (χ1n) is 8.65. The zero-order valence-electron chi connectivity index (χ0n) is 16.6. The van der Waals surface area contributed by atoms with Crippen molar-refractivity contribution in [1.29, 1.82) is 0 Å². The van der Waals surface area contributed by atoms with E-state index in [0.29, 0.717) is 28.5 Å². The van der Waals surface area contributed by atoms with Crippen molar-refractivity contribution in [3.8, 4) is 0 Å². The van der Waals surface area contributed by atoms with Crippen LogP contribution in [0.15, 0.2) is 21.6 Å². The number of anilines is 2. The molecule has 3 aromatic heterocycles. The van der Waals surface area contributed by atoms with Crippen molar-refractivity contribution in [2.24, 2.45) is 7.05 Å². The smallest absolute Gasteiger partial charge is 0.276 e. The van der Waals surface area contributed by atoms with Gasteiger partial charge in [-0.05, 0) is 37.9 Å². The van der Waals surface area contributed by atoms with Crippen LogP contribution in [0.5, 0.6) is 0 Å². The van der Waals surface area contributed by atoms with E-state index < -0.39 is 0 Å². The van der Waals surface area contributed by atoms with Gasteiger partial charge in [-0.1, -0.05) is 0 Å². The van der Waals surface area contributed by atoms with Gasteiger partial charge in [0.05, 0.1) is 39.2 Å². The van der Waals surface area contributed by atoms with Crippen LogP contribution in [0.4, 0.5) is 11.4 Å². The van der Waals surface area contributed by atoms with Gasteiger partial charge in [0, 0.05) is 13.6 Å². The second-order valence-electron chi connectivity index (χ2n) is 5.96. The number of aryl methyl sites for hydroxylation is 2. The van der Waals surface area contributed by atoms with Gasteiger partial charge in [-0.2, -0.15) is 14.6 Å². The van der Waals surface area contributed by atoms with Crippen molar-refractivity contribution in [3.05, 3.63) is 29.3 Å². The third-order valence-electron chi connectivity index (χ3n) is 4.32. The Balaban J connectivity index is 1.91. The Bertz CT molecular complexity index is 1030. The highest BCUT2D eigenvalue weighted by molar-refractivity contribution is 8.01. The average molecular weight is 452 g/mol. The first kappa shape index (κ1) is 21.4. The van der Waals surface area contributed by atoms with Crippen molar-refractivity contribution in [3.63, 3.8) is 0 Å². The molecule has 0 bridgehead atoms. The van der Waals surface area contributed by atoms with E-state index in [4.69, 9.17) is 0 Å². The number of hydrogen-bond acceptors (Lipinski definition) is 8. The number of thioether (sulfide) groups is 2. The summed E-state index contributed by atoms with van der Waals surface area (Å²) in [6, 6.07) is 0. The first-order valence-corrected chi connectivity index (χ1v) is 11.9. The normalized spacial score (nSPS) is 10.9. The van der Waals surface area contributed by atoms with Crippen molar-refractivity contribution >= 4 is 58.2 Å². The first-order chi connectivity index (χ1) is 13.9. The molecular weight excluding hydrogens is 430 g/mol. The molecule has 0 aromatic carbocycles. The lowest BCUT2D eigenvalue weighted by molar-refractivity contribution is 0.101. The molecule has 0 saturated heterocycles. The quantitative estimate of drug-likeness (QED) is 0.531.